The van der Waals surface area contributed by atoms with E-state index in [2.05, 4.69) is 15.0 Å². The highest BCUT2D eigenvalue weighted by atomic mass is 32.2. The zero-order valence-electron chi connectivity index (χ0n) is 12.1. The van der Waals surface area contributed by atoms with Crippen molar-refractivity contribution in [3.8, 4) is 0 Å². The summed E-state index contributed by atoms with van der Waals surface area (Å²) in [5.74, 6) is 0. The van der Waals surface area contributed by atoms with E-state index in [-0.39, 0.29) is 10.9 Å². The van der Waals surface area contributed by atoms with Gasteiger partial charge in [-0.3, -0.25) is 4.98 Å². The molecule has 6 heteroatoms. The summed E-state index contributed by atoms with van der Waals surface area (Å²) in [7, 11) is -1.70. The predicted molar refractivity (Wildman–Crippen MR) is 82.2 cm³/mol. The number of rotatable bonds is 6. The molecule has 1 aromatic carbocycles. The SMILES string of the molecule is CNCc1ccc(S(=O)(=O)NC(C)c2ccccn2)cc1. The van der Waals surface area contributed by atoms with Crippen molar-refractivity contribution in [2.45, 2.75) is 24.4 Å². The van der Waals surface area contributed by atoms with Crippen molar-refractivity contribution < 1.29 is 8.42 Å². The summed E-state index contributed by atoms with van der Waals surface area (Å²) < 4.78 is 27.3. The zero-order chi connectivity index (χ0) is 15.3. The van der Waals surface area contributed by atoms with Crippen LogP contribution in [0, 0.1) is 0 Å². The lowest BCUT2D eigenvalue weighted by molar-refractivity contribution is 0.564. The van der Waals surface area contributed by atoms with Crippen molar-refractivity contribution in [1.82, 2.24) is 15.0 Å². The van der Waals surface area contributed by atoms with Crippen LogP contribution in [0.1, 0.15) is 24.2 Å². The number of sulfonamides is 1. The van der Waals surface area contributed by atoms with Crippen molar-refractivity contribution in [3.63, 3.8) is 0 Å². The summed E-state index contributed by atoms with van der Waals surface area (Å²) in [5.41, 5.74) is 1.72. The van der Waals surface area contributed by atoms with Gasteiger partial charge < -0.3 is 5.32 Å². The molecular formula is C15H19N3O2S. The summed E-state index contributed by atoms with van der Waals surface area (Å²) in [6.45, 7) is 2.48. The van der Waals surface area contributed by atoms with Gasteiger partial charge in [0.05, 0.1) is 16.6 Å². The van der Waals surface area contributed by atoms with Crippen molar-refractivity contribution >= 4 is 10.0 Å². The second-order valence-corrected chi connectivity index (χ2v) is 6.49. The maximum atomic E-state index is 12.3. The van der Waals surface area contributed by atoms with E-state index in [1.807, 2.05) is 13.1 Å². The number of benzene rings is 1. The highest BCUT2D eigenvalue weighted by Gasteiger charge is 2.18. The van der Waals surface area contributed by atoms with Crippen LogP contribution in [0.25, 0.3) is 0 Å². The number of hydrogen-bond acceptors (Lipinski definition) is 4. The minimum Gasteiger partial charge on any atom is -0.316 e. The number of nitrogens with one attached hydrogen (secondary N) is 2. The van der Waals surface area contributed by atoms with Gasteiger partial charge in [-0.25, -0.2) is 13.1 Å². The first-order chi connectivity index (χ1) is 10.0. The Morgan fingerprint density at radius 2 is 1.86 bits per heavy atom. The molecule has 1 aromatic heterocycles. The van der Waals surface area contributed by atoms with E-state index in [1.54, 1.807) is 49.5 Å². The molecule has 0 spiro atoms. The zero-order valence-corrected chi connectivity index (χ0v) is 12.9. The normalized spacial score (nSPS) is 13.0. The minimum atomic E-state index is -3.55. The van der Waals surface area contributed by atoms with Crippen LogP contribution in [0.5, 0.6) is 0 Å². The van der Waals surface area contributed by atoms with Crippen LogP contribution in [0.3, 0.4) is 0 Å². The first-order valence-corrected chi connectivity index (χ1v) is 8.18. The molecular weight excluding hydrogens is 286 g/mol. The molecule has 0 aliphatic carbocycles. The lowest BCUT2D eigenvalue weighted by Gasteiger charge is -2.14. The summed E-state index contributed by atoms with van der Waals surface area (Å²) in [5, 5.41) is 3.02. The fourth-order valence-corrected chi connectivity index (χ4v) is 3.20. The van der Waals surface area contributed by atoms with Gasteiger partial charge in [0.15, 0.2) is 0 Å². The molecule has 0 aliphatic rings. The summed E-state index contributed by atoms with van der Waals surface area (Å²) >= 11 is 0. The van der Waals surface area contributed by atoms with Gasteiger partial charge >= 0.3 is 0 Å². The van der Waals surface area contributed by atoms with Crippen molar-refractivity contribution in [3.05, 3.63) is 59.9 Å². The quantitative estimate of drug-likeness (QED) is 0.854. The summed E-state index contributed by atoms with van der Waals surface area (Å²) in [6, 6.07) is 11.9. The molecule has 2 rings (SSSR count). The maximum Gasteiger partial charge on any atom is 0.241 e. The monoisotopic (exact) mass is 305 g/mol. The lowest BCUT2D eigenvalue weighted by atomic mass is 10.2. The number of aromatic nitrogens is 1. The van der Waals surface area contributed by atoms with Crippen LogP contribution in [-0.4, -0.2) is 20.4 Å². The van der Waals surface area contributed by atoms with E-state index in [1.165, 1.54) is 0 Å². The van der Waals surface area contributed by atoms with E-state index >= 15 is 0 Å². The second-order valence-electron chi connectivity index (χ2n) is 4.77. The van der Waals surface area contributed by atoms with Gasteiger partial charge in [0.1, 0.15) is 0 Å². The molecule has 0 fully saturated rings. The van der Waals surface area contributed by atoms with Crippen LogP contribution in [-0.2, 0) is 16.6 Å². The fourth-order valence-electron chi connectivity index (χ4n) is 1.98. The maximum absolute atomic E-state index is 12.3. The fraction of sp³-hybridized carbons (Fsp3) is 0.267. The Kier molecular flexibility index (Phi) is 5.06. The van der Waals surface area contributed by atoms with E-state index in [0.29, 0.717) is 12.2 Å². The number of hydrogen-bond donors (Lipinski definition) is 2. The highest BCUT2D eigenvalue weighted by molar-refractivity contribution is 7.89. The van der Waals surface area contributed by atoms with Gasteiger partial charge in [-0.1, -0.05) is 18.2 Å². The molecule has 2 aromatic rings. The average Bonchev–Trinajstić information content (AvgIpc) is 2.48. The van der Waals surface area contributed by atoms with E-state index in [4.69, 9.17) is 0 Å². The molecule has 1 unspecified atom stereocenters. The molecule has 0 saturated carbocycles. The summed E-state index contributed by atoms with van der Waals surface area (Å²) in [4.78, 5) is 4.41. The minimum absolute atomic E-state index is 0.255. The average molecular weight is 305 g/mol. The van der Waals surface area contributed by atoms with Crippen LogP contribution in [0.15, 0.2) is 53.6 Å². The Bertz CT molecular complexity index is 670. The van der Waals surface area contributed by atoms with Gasteiger partial charge in [-0.15, -0.1) is 0 Å². The molecule has 5 nitrogen and oxygen atoms in total. The Labute approximate surface area is 125 Å². The largest absolute Gasteiger partial charge is 0.316 e. The second kappa shape index (κ2) is 6.80. The van der Waals surface area contributed by atoms with Crippen LogP contribution in [0.2, 0.25) is 0 Å². The molecule has 0 bridgehead atoms. The third kappa shape index (κ3) is 4.10. The van der Waals surface area contributed by atoms with Crippen LogP contribution >= 0.6 is 0 Å². The highest BCUT2D eigenvalue weighted by Crippen LogP contribution is 2.15. The molecule has 0 saturated heterocycles. The first-order valence-electron chi connectivity index (χ1n) is 6.70. The smallest absolute Gasteiger partial charge is 0.241 e. The van der Waals surface area contributed by atoms with Crippen LogP contribution < -0.4 is 10.0 Å². The Morgan fingerprint density at radius 1 is 1.14 bits per heavy atom. The number of pyridine rings is 1. The van der Waals surface area contributed by atoms with E-state index < -0.39 is 10.0 Å². The number of nitrogens with zero attached hydrogens (tertiary/aromatic N) is 1. The Balaban J connectivity index is 2.14. The third-order valence-corrected chi connectivity index (χ3v) is 4.63. The van der Waals surface area contributed by atoms with Gasteiger partial charge in [-0.2, -0.15) is 0 Å². The molecule has 0 amide bonds. The molecule has 0 aliphatic heterocycles. The topological polar surface area (TPSA) is 71.1 Å². The Morgan fingerprint density at radius 3 is 2.43 bits per heavy atom. The van der Waals surface area contributed by atoms with Crippen molar-refractivity contribution in [2.75, 3.05) is 7.05 Å². The van der Waals surface area contributed by atoms with Crippen LogP contribution in [0.4, 0.5) is 0 Å². The standard InChI is InChI=1S/C15H19N3O2S/c1-12(15-5-3-4-10-17-15)18-21(19,20)14-8-6-13(7-9-14)11-16-2/h3-10,12,16,18H,11H2,1-2H3. The molecule has 0 radical (unpaired) electrons. The first kappa shape index (κ1) is 15.6. The lowest BCUT2D eigenvalue weighted by Crippen LogP contribution is -2.27. The molecule has 112 valence electrons. The molecule has 1 heterocycles. The third-order valence-electron chi connectivity index (χ3n) is 3.08. The van der Waals surface area contributed by atoms with E-state index in [9.17, 15) is 8.42 Å². The van der Waals surface area contributed by atoms with Gasteiger partial charge in [0.25, 0.3) is 0 Å². The van der Waals surface area contributed by atoms with Gasteiger partial charge in [0.2, 0.25) is 10.0 Å². The van der Waals surface area contributed by atoms with E-state index in [0.717, 1.165) is 5.56 Å². The Hall–Kier alpha value is -1.76. The predicted octanol–water partition coefficient (Wildman–Crippen LogP) is 1.84. The van der Waals surface area contributed by atoms with Gasteiger partial charge in [-0.05, 0) is 43.8 Å². The van der Waals surface area contributed by atoms with Crippen molar-refractivity contribution in [2.24, 2.45) is 0 Å². The van der Waals surface area contributed by atoms with Gasteiger partial charge in [0, 0.05) is 12.7 Å². The molecule has 2 N–H and O–H groups in total. The molecule has 1 atom stereocenters. The van der Waals surface area contributed by atoms with Crippen molar-refractivity contribution in [1.29, 1.82) is 0 Å². The molecule has 21 heavy (non-hydrogen) atoms. The summed E-state index contributed by atoms with van der Waals surface area (Å²) in [6.07, 6.45) is 1.65.